The number of amides is 1. The predicted molar refractivity (Wildman–Crippen MR) is 127 cm³/mol. The topological polar surface area (TPSA) is 38.3 Å². The lowest BCUT2D eigenvalue weighted by Crippen LogP contribution is -2.11. The molecule has 1 N–H and O–H groups in total. The number of para-hydroxylation sites is 1. The fourth-order valence-electron chi connectivity index (χ4n) is 3.56. The van der Waals surface area contributed by atoms with Gasteiger partial charge in [-0.25, -0.2) is 0 Å². The van der Waals surface area contributed by atoms with E-state index in [4.69, 9.17) is 4.74 Å². The summed E-state index contributed by atoms with van der Waals surface area (Å²) in [5.41, 5.74) is 1.44. The highest BCUT2D eigenvalue weighted by Gasteiger charge is 2.06. The van der Waals surface area contributed by atoms with Gasteiger partial charge in [-0.1, -0.05) is 95.8 Å². The molecular weight excluding hydrogens is 370 g/mol. The normalized spacial score (nSPS) is 10.7. The van der Waals surface area contributed by atoms with E-state index in [1.165, 1.54) is 70.6 Å². The third kappa shape index (κ3) is 10.5. The van der Waals surface area contributed by atoms with Crippen LogP contribution in [0.5, 0.6) is 5.75 Å². The van der Waals surface area contributed by atoms with Gasteiger partial charge < -0.3 is 10.1 Å². The zero-order valence-electron chi connectivity index (χ0n) is 18.7. The number of hydrogen-bond acceptors (Lipinski definition) is 2. The Bertz CT molecular complexity index is 682. The molecular formula is C27H39NO2. The van der Waals surface area contributed by atoms with Gasteiger partial charge in [0.25, 0.3) is 5.91 Å². The number of hydrogen-bond donors (Lipinski definition) is 1. The maximum absolute atomic E-state index is 12.3. The van der Waals surface area contributed by atoms with E-state index in [9.17, 15) is 4.79 Å². The number of unbranched alkanes of at least 4 members (excludes halogenated alkanes) is 11. The number of rotatable bonds is 16. The molecule has 1 amide bonds. The second-order valence-corrected chi connectivity index (χ2v) is 8.08. The second-order valence-electron chi connectivity index (χ2n) is 8.08. The molecule has 164 valence electrons. The molecule has 0 saturated carbocycles. The molecule has 0 aliphatic rings. The van der Waals surface area contributed by atoms with Crippen LogP contribution in [-0.4, -0.2) is 12.5 Å². The molecule has 0 aliphatic heterocycles. The van der Waals surface area contributed by atoms with Gasteiger partial charge in [0.2, 0.25) is 0 Å². The molecule has 0 fully saturated rings. The summed E-state index contributed by atoms with van der Waals surface area (Å²) in [6.45, 7) is 3.02. The minimum atomic E-state index is -0.103. The van der Waals surface area contributed by atoms with Gasteiger partial charge in [-0.15, -0.1) is 0 Å². The summed E-state index contributed by atoms with van der Waals surface area (Å²) in [5, 5.41) is 2.89. The molecule has 2 rings (SSSR count). The predicted octanol–water partition coefficient (Wildman–Crippen LogP) is 8.02. The molecule has 2 aromatic carbocycles. The van der Waals surface area contributed by atoms with Gasteiger partial charge in [-0.05, 0) is 42.8 Å². The number of ether oxygens (including phenoxy) is 1. The van der Waals surface area contributed by atoms with Crippen molar-refractivity contribution in [1.29, 1.82) is 0 Å². The number of anilines is 1. The third-order valence-electron chi connectivity index (χ3n) is 5.41. The van der Waals surface area contributed by atoms with Crippen molar-refractivity contribution in [3.05, 3.63) is 60.2 Å². The van der Waals surface area contributed by atoms with E-state index in [-0.39, 0.29) is 5.91 Å². The van der Waals surface area contributed by atoms with Crippen LogP contribution in [0.3, 0.4) is 0 Å². The highest BCUT2D eigenvalue weighted by atomic mass is 16.5. The molecule has 0 saturated heterocycles. The average molecular weight is 410 g/mol. The number of nitrogens with one attached hydrogen (secondary N) is 1. The summed E-state index contributed by atoms with van der Waals surface area (Å²) in [6, 6.07) is 16.9. The van der Waals surface area contributed by atoms with Gasteiger partial charge in [-0.2, -0.15) is 0 Å². The van der Waals surface area contributed by atoms with E-state index in [1.54, 1.807) is 0 Å². The van der Waals surface area contributed by atoms with Crippen LogP contribution in [0.25, 0.3) is 0 Å². The summed E-state index contributed by atoms with van der Waals surface area (Å²) < 4.78 is 5.82. The second kappa shape index (κ2) is 15.5. The summed E-state index contributed by atoms with van der Waals surface area (Å²) in [5.74, 6) is 0.725. The van der Waals surface area contributed by atoms with Crippen molar-refractivity contribution in [3.63, 3.8) is 0 Å². The Kier molecular flexibility index (Phi) is 12.4. The molecule has 0 unspecified atom stereocenters. The standard InChI is InChI=1S/C27H39NO2/c1-2-3-4-5-6-7-8-9-10-11-12-16-23-30-26-21-19-24(20-22-26)27(29)28-25-17-14-13-15-18-25/h13-15,17-22H,2-12,16,23H2,1H3,(H,28,29). The first-order chi connectivity index (χ1) is 14.8. The first-order valence-corrected chi connectivity index (χ1v) is 11.9. The van der Waals surface area contributed by atoms with E-state index >= 15 is 0 Å². The molecule has 0 aromatic heterocycles. The van der Waals surface area contributed by atoms with Crippen molar-refractivity contribution in [3.8, 4) is 5.75 Å². The van der Waals surface area contributed by atoms with Crippen molar-refractivity contribution in [2.75, 3.05) is 11.9 Å². The Morgan fingerprint density at radius 3 is 1.80 bits per heavy atom. The van der Waals surface area contributed by atoms with Crippen molar-refractivity contribution >= 4 is 11.6 Å². The Hall–Kier alpha value is -2.29. The van der Waals surface area contributed by atoms with E-state index < -0.39 is 0 Å². The maximum atomic E-state index is 12.3. The molecule has 0 bridgehead atoms. The molecule has 30 heavy (non-hydrogen) atoms. The zero-order valence-corrected chi connectivity index (χ0v) is 18.7. The van der Waals surface area contributed by atoms with Crippen LogP contribution in [-0.2, 0) is 0 Å². The monoisotopic (exact) mass is 409 g/mol. The number of carbonyl (C=O) groups excluding carboxylic acids is 1. The van der Waals surface area contributed by atoms with Crippen LogP contribution in [0.2, 0.25) is 0 Å². The molecule has 3 nitrogen and oxygen atoms in total. The Morgan fingerprint density at radius 1 is 0.700 bits per heavy atom. The zero-order chi connectivity index (χ0) is 21.3. The van der Waals surface area contributed by atoms with Crippen LogP contribution >= 0.6 is 0 Å². The Balaban J connectivity index is 1.48. The molecule has 3 heteroatoms. The number of carbonyl (C=O) groups is 1. The van der Waals surface area contributed by atoms with Crippen LogP contribution in [0.1, 0.15) is 94.3 Å². The van der Waals surface area contributed by atoms with Crippen LogP contribution < -0.4 is 10.1 Å². The fraction of sp³-hybridized carbons (Fsp3) is 0.519. The van der Waals surface area contributed by atoms with Gasteiger partial charge in [0, 0.05) is 11.3 Å². The molecule has 0 aliphatic carbocycles. The Labute approximate surface area is 183 Å². The van der Waals surface area contributed by atoms with Crippen molar-refractivity contribution in [2.45, 2.75) is 84.0 Å². The van der Waals surface area contributed by atoms with Crippen molar-refractivity contribution in [2.24, 2.45) is 0 Å². The first-order valence-electron chi connectivity index (χ1n) is 11.9. The molecule has 0 radical (unpaired) electrons. The molecule has 2 aromatic rings. The minimum absolute atomic E-state index is 0.103. The van der Waals surface area contributed by atoms with Crippen molar-refractivity contribution in [1.82, 2.24) is 0 Å². The SMILES string of the molecule is CCCCCCCCCCCCCCOc1ccc(C(=O)Nc2ccccc2)cc1. The fourth-order valence-corrected chi connectivity index (χ4v) is 3.56. The largest absolute Gasteiger partial charge is 0.494 e. The molecule has 0 atom stereocenters. The minimum Gasteiger partial charge on any atom is -0.494 e. The highest BCUT2D eigenvalue weighted by molar-refractivity contribution is 6.04. The van der Waals surface area contributed by atoms with Crippen LogP contribution in [0.4, 0.5) is 5.69 Å². The van der Waals surface area contributed by atoms with Gasteiger partial charge in [0.1, 0.15) is 5.75 Å². The van der Waals surface area contributed by atoms with Crippen molar-refractivity contribution < 1.29 is 9.53 Å². The van der Waals surface area contributed by atoms with Gasteiger partial charge in [0.15, 0.2) is 0 Å². The van der Waals surface area contributed by atoms with E-state index in [2.05, 4.69) is 12.2 Å². The summed E-state index contributed by atoms with van der Waals surface area (Å²) >= 11 is 0. The lowest BCUT2D eigenvalue weighted by Gasteiger charge is -2.08. The van der Waals surface area contributed by atoms with E-state index in [0.29, 0.717) is 5.56 Å². The summed E-state index contributed by atoms with van der Waals surface area (Å²) in [6.07, 6.45) is 16.1. The van der Waals surface area contributed by atoms with Gasteiger partial charge >= 0.3 is 0 Å². The summed E-state index contributed by atoms with van der Waals surface area (Å²) in [4.78, 5) is 12.3. The lowest BCUT2D eigenvalue weighted by molar-refractivity contribution is 0.102. The number of benzene rings is 2. The van der Waals surface area contributed by atoms with Gasteiger partial charge in [-0.3, -0.25) is 4.79 Å². The quantitative estimate of drug-likeness (QED) is 0.285. The van der Waals surface area contributed by atoms with E-state index in [0.717, 1.165) is 24.5 Å². The molecule has 0 heterocycles. The van der Waals surface area contributed by atoms with Gasteiger partial charge in [0.05, 0.1) is 6.61 Å². The lowest BCUT2D eigenvalue weighted by atomic mass is 10.1. The van der Waals surface area contributed by atoms with Crippen LogP contribution in [0.15, 0.2) is 54.6 Å². The average Bonchev–Trinajstić information content (AvgIpc) is 2.78. The molecule has 0 spiro atoms. The Morgan fingerprint density at radius 2 is 1.23 bits per heavy atom. The highest BCUT2D eigenvalue weighted by Crippen LogP contribution is 2.16. The maximum Gasteiger partial charge on any atom is 0.255 e. The van der Waals surface area contributed by atoms with Crippen LogP contribution in [0, 0.1) is 0 Å². The summed E-state index contributed by atoms with van der Waals surface area (Å²) in [7, 11) is 0. The first kappa shape index (κ1) is 24.0. The van der Waals surface area contributed by atoms with E-state index in [1.807, 2.05) is 54.6 Å². The smallest absolute Gasteiger partial charge is 0.255 e. The third-order valence-corrected chi connectivity index (χ3v) is 5.41.